The molecular weight excluding hydrogens is 400 g/mol. The number of H-pyrrole nitrogens is 1. The second-order valence-corrected chi connectivity index (χ2v) is 8.13. The molecule has 1 aromatic heterocycles. The average Bonchev–Trinajstić information content (AvgIpc) is 2.98. The molecule has 0 aliphatic rings. The van der Waals surface area contributed by atoms with Gasteiger partial charge in [-0.2, -0.15) is 18.2 Å². The topological polar surface area (TPSA) is 102 Å². The summed E-state index contributed by atoms with van der Waals surface area (Å²) in [5, 5.41) is 6.03. The van der Waals surface area contributed by atoms with Gasteiger partial charge < -0.3 is 5.73 Å². The normalized spacial score (nSPS) is 12.3. The molecule has 6 nitrogen and oxygen atoms in total. The van der Waals surface area contributed by atoms with Gasteiger partial charge in [0.05, 0.1) is 10.5 Å². The molecule has 0 saturated carbocycles. The van der Waals surface area contributed by atoms with E-state index in [-0.39, 0.29) is 34.2 Å². The lowest BCUT2D eigenvalue weighted by Gasteiger charge is -2.16. The molecule has 3 rings (SSSR count). The van der Waals surface area contributed by atoms with Crippen LogP contribution in [0.5, 0.6) is 0 Å². The van der Waals surface area contributed by atoms with Crippen molar-refractivity contribution < 1.29 is 26.0 Å². The van der Waals surface area contributed by atoms with E-state index in [0.29, 0.717) is 0 Å². The van der Waals surface area contributed by atoms with Crippen molar-refractivity contribution in [2.24, 2.45) is 0 Å². The van der Waals surface area contributed by atoms with Gasteiger partial charge in [-0.05, 0) is 35.4 Å². The zero-order valence-corrected chi connectivity index (χ0v) is 15.2. The molecule has 28 heavy (non-hydrogen) atoms. The smallest absolute Gasteiger partial charge is 0.367 e. The Bertz CT molecular complexity index is 1120. The maximum absolute atomic E-state index is 14.7. The van der Waals surface area contributed by atoms with Crippen LogP contribution in [0.25, 0.3) is 11.1 Å². The number of nitrogen functional groups attached to an aromatic ring is 1. The number of alkyl halides is 3. The maximum Gasteiger partial charge on any atom is 0.417 e. The molecular formula is C17H14F4N4O2S. The number of nitrogens with two attached hydrogens (primary N) is 1. The summed E-state index contributed by atoms with van der Waals surface area (Å²) < 4.78 is 78.5. The van der Waals surface area contributed by atoms with Crippen LogP contribution in [0.15, 0.2) is 41.3 Å². The van der Waals surface area contributed by atoms with E-state index in [1.54, 1.807) is 0 Å². The minimum Gasteiger partial charge on any atom is -0.367 e. The molecule has 0 saturated heterocycles. The van der Waals surface area contributed by atoms with Gasteiger partial charge in [0.25, 0.3) is 0 Å². The highest BCUT2D eigenvalue weighted by atomic mass is 32.2. The van der Waals surface area contributed by atoms with Crippen LogP contribution in [0.1, 0.15) is 17.0 Å². The van der Waals surface area contributed by atoms with Crippen LogP contribution < -0.4 is 5.73 Å². The fourth-order valence-corrected chi connectivity index (χ4v) is 3.36. The summed E-state index contributed by atoms with van der Waals surface area (Å²) in [6.45, 7) is 0. The highest BCUT2D eigenvalue weighted by molar-refractivity contribution is 7.90. The first kappa shape index (κ1) is 19.8. The number of sulfone groups is 1. The number of halogens is 4. The second kappa shape index (κ2) is 6.89. The number of rotatable bonds is 4. The molecule has 0 bridgehead atoms. The quantitative estimate of drug-likeness (QED) is 0.639. The minimum absolute atomic E-state index is 0.0254. The molecule has 11 heteroatoms. The molecule has 3 aromatic rings. The summed E-state index contributed by atoms with van der Waals surface area (Å²) in [6, 6.07) is 6.34. The van der Waals surface area contributed by atoms with Crippen LogP contribution in [-0.2, 0) is 22.4 Å². The molecule has 0 aliphatic heterocycles. The van der Waals surface area contributed by atoms with E-state index >= 15 is 0 Å². The number of benzene rings is 2. The van der Waals surface area contributed by atoms with Gasteiger partial charge in [-0.3, -0.25) is 5.10 Å². The third kappa shape index (κ3) is 4.14. The van der Waals surface area contributed by atoms with Crippen molar-refractivity contribution in [3.63, 3.8) is 0 Å². The van der Waals surface area contributed by atoms with Crippen molar-refractivity contribution in [3.05, 3.63) is 59.2 Å². The van der Waals surface area contributed by atoms with Crippen LogP contribution in [0.4, 0.5) is 23.5 Å². The fourth-order valence-electron chi connectivity index (χ4n) is 2.73. The molecule has 148 valence electrons. The van der Waals surface area contributed by atoms with Crippen LogP contribution in [-0.4, -0.2) is 29.9 Å². The molecule has 0 aliphatic carbocycles. The molecule has 0 radical (unpaired) electrons. The fraction of sp³-hybridized carbons (Fsp3) is 0.176. The first-order valence-electron chi connectivity index (χ1n) is 7.82. The number of aromatic nitrogens is 3. The number of aromatic amines is 1. The van der Waals surface area contributed by atoms with E-state index in [1.165, 1.54) is 0 Å². The molecule has 2 aromatic carbocycles. The van der Waals surface area contributed by atoms with Gasteiger partial charge in [0.1, 0.15) is 11.6 Å². The van der Waals surface area contributed by atoms with Gasteiger partial charge in [0.15, 0.2) is 9.84 Å². The number of nitrogens with zero attached hydrogens (tertiary/aromatic N) is 2. The Morgan fingerprint density at radius 3 is 2.29 bits per heavy atom. The van der Waals surface area contributed by atoms with Gasteiger partial charge in [0, 0.05) is 18.2 Å². The van der Waals surface area contributed by atoms with Crippen molar-refractivity contribution in [3.8, 4) is 11.1 Å². The van der Waals surface area contributed by atoms with Crippen molar-refractivity contribution in [1.29, 1.82) is 0 Å². The standard InChI is InChI=1S/C17H14F4N4O2S/c1-28(26,27)11-4-2-10(3-5-11)15-12(17(19,20)21)6-9(7-13(15)18)8-14-23-16(22)25-24-14/h2-7H,8H2,1H3,(H3,22,23,24,25). The summed E-state index contributed by atoms with van der Waals surface area (Å²) in [6.07, 6.45) is -3.99. The zero-order valence-electron chi connectivity index (χ0n) is 14.4. The Labute approximate surface area is 157 Å². The van der Waals surface area contributed by atoms with E-state index in [9.17, 15) is 26.0 Å². The largest absolute Gasteiger partial charge is 0.417 e. The monoisotopic (exact) mass is 414 g/mol. The molecule has 0 atom stereocenters. The minimum atomic E-state index is -4.83. The number of anilines is 1. The van der Waals surface area contributed by atoms with E-state index < -0.39 is 33.0 Å². The average molecular weight is 414 g/mol. The Kier molecular flexibility index (Phi) is 4.88. The molecule has 3 N–H and O–H groups in total. The Hall–Kier alpha value is -2.95. The first-order valence-corrected chi connectivity index (χ1v) is 9.71. The lowest BCUT2D eigenvalue weighted by atomic mass is 9.95. The number of nitrogens with one attached hydrogen (secondary N) is 1. The predicted octanol–water partition coefficient (Wildman–Crippen LogP) is 3.21. The molecule has 0 spiro atoms. The summed E-state index contributed by atoms with van der Waals surface area (Å²) in [5.41, 5.74) is 3.45. The lowest BCUT2D eigenvalue weighted by molar-refractivity contribution is -0.137. The lowest BCUT2D eigenvalue weighted by Crippen LogP contribution is -2.10. The summed E-state index contributed by atoms with van der Waals surface area (Å²) >= 11 is 0. The van der Waals surface area contributed by atoms with E-state index in [2.05, 4.69) is 15.2 Å². The zero-order chi connectivity index (χ0) is 20.7. The van der Waals surface area contributed by atoms with E-state index in [1.807, 2.05) is 0 Å². The first-order chi connectivity index (χ1) is 12.9. The van der Waals surface area contributed by atoms with Crippen molar-refractivity contribution >= 4 is 15.8 Å². The van der Waals surface area contributed by atoms with Crippen LogP contribution in [0.2, 0.25) is 0 Å². The SMILES string of the molecule is CS(=O)(=O)c1ccc(-c2c(F)cc(Cc3nc(N)n[nH]3)cc2C(F)(F)F)cc1. The summed E-state index contributed by atoms with van der Waals surface area (Å²) in [7, 11) is -3.53. The Morgan fingerprint density at radius 2 is 1.79 bits per heavy atom. The predicted molar refractivity (Wildman–Crippen MR) is 93.5 cm³/mol. The van der Waals surface area contributed by atoms with Gasteiger partial charge >= 0.3 is 6.18 Å². The van der Waals surface area contributed by atoms with Crippen molar-refractivity contribution in [2.75, 3.05) is 12.0 Å². The molecule has 0 amide bonds. The second-order valence-electron chi connectivity index (χ2n) is 6.11. The summed E-state index contributed by atoms with van der Waals surface area (Å²) in [4.78, 5) is 3.71. The third-order valence-corrected chi connectivity index (χ3v) is 5.08. The van der Waals surface area contributed by atoms with Crippen LogP contribution in [0, 0.1) is 5.82 Å². The summed E-state index contributed by atoms with van der Waals surface area (Å²) in [5.74, 6) is -0.978. The molecule has 0 fully saturated rings. The van der Waals surface area contributed by atoms with E-state index in [4.69, 9.17) is 5.73 Å². The van der Waals surface area contributed by atoms with Gasteiger partial charge in [-0.1, -0.05) is 12.1 Å². The van der Waals surface area contributed by atoms with Crippen LogP contribution in [0.3, 0.4) is 0 Å². The highest BCUT2D eigenvalue weighted by Gasteiger charge is 2.35. The Balaban J connectivity index is 2.10. The van der Waals surface area contributed by atoms with Gasteiger partial charge in [0.2, 0.25) is 5.95 Å². The van der Waals surface area contributed by atoms with Crippen LogP contribution >= 0.6 is 0 Å². The van der Waals surface area contributed by atoms with E-state index in [0.717, 1.165) is 42.7 Å². The maximum atomic E-state index is 14.7. The third-order valence-electron chi connectivity index (χ3n) is 3.95. The number of hydrogen-bond donors (Lipinski definition) is 2. The van der Waals surface area contributed by atoms with Gasteiger partial charge in [-0.25, -0.2) is 12.8 Å². The van der Waals surface area contributed by atoms with Gasteiger partial charge in [-0.15, -0.1) is 5.10 Å². The number of hydrogen-bond acceptors (Lipinski definition) is 5. The molecule has 1 heterocycles. The highest BCUT2D eigenvalue weighted by Crippen LogP contribution is 2.39. The Morgan fingerprint density at radius 1 is 1.14 bits per heavy atom. The van der Waals surface area contributed by atoms with Crippen molar-refractivity contribution in [1.82, 2.24) is 15.2 Å². The molecule has 0 unspecified atom stereocenters. The van der Waals surface area contributed by atoms with Crippen molar-refractivity contribution in [2.45, 2.75) is 17.5 Å².